The molecule has 174 valence electrons. The van der Waals surface area contributed by atoms with Crippen LogP contribution in [-0.2, 0) is 21.4 Å². The second kappa shape index (κ2) is 10.6. The molecule has 0 aliphatic heterocycles. The zero-order valence-electron chi connectivity index (χ0n) is 18.7. The second-order valence-corrected chi connectivity index (χ2v) is 10.3. The summed E-state index contributed by atoms with van der Waals surface area (Å²) in [6, 6.07) is 11.8. The molecule has 1 heterocycles. The van der Waals surface area contributed by atoms with Gasteiger partial charge in [0.1, 0.15) is 23.0 Å². The van der Waals surface area contributed by atoms with E-state index in [4.69, 9.17) is 9.47 Å². The number of sulfonamides is 1. The molecule has 1 N–H and O–H groups in total. The zero-order valence-corrected chi connectivity index (χ0v) is 20.4. The Kier molecular flexibility index (Phi) is 7.85. The van der Waals surface area contributed by atoms with E-state index in [0.717, 1.165) is 20.6 Å². The fourth-order valence-corrected chi connectivity index (χ4v) is 4.55. The van der Waals surface area contributed by atoms with E-state index in [9.17, 15) is 13.2 Å². The van der Waals surface area contributed by atoms with Gasteiger partial charge in [0.2, 0.25) is 15.9 Å². The van der Waals surface area contributed by atoms with Crippen molar-refractivity contribution >= 4 is 39.0 Å². The number of hydrogen-bond donors (Lipinski definition) is 1. The van der Waals surface area contributed by atoms with Gasteiger partial charge in [0, 0.05) is 36.8 Å². The number of aryl methyl sites for hydroxylation is 1. The standard InChI is InChI=1S/C23H25N3O5S2/c1-16-24-19(15-32-16)14-31-20-8-6-5-7-17(20)9-12-23(27)25-18-10-11-21(30-4)22(13-18)33(28,29)26(2)3/h5-13,15H,14H2,1-4H3,(H,25,27)/b12-9+. The first-order valence-electron chi connectivity index (χ1n) is 9.93. The van der Waals surface area contributed by atoms with Crippen molar-refractivity contribution in [3.63, 3.8) is 0 Å². The summed E-state index contributed by atoms with van der Waals surface area (Å²) in [6.45, 7) is 2.27. The number of para-hydroxylation sites is 1. The molecule has 0 bridgehead atoms. The summed E-state index contributed by atoms with van der Waals surface area (Å²) >= 11 is 1.56. The lowest BCUT2D eigenvalue weighted by Crippen LogP contribution is -2.23. The zero-order chi connectivity index (χ0) is 24.0. The monoisotopic (exact) mass is 487 g/mol. The Morgan fingerprint density at radius 3 is 2.61 bits per heavy atom. The third-order valence-electron chi connectivity index (χ3n) is 4.57. The molecule has 10 heteroatoms. The highest BCUT2D eigenvalue weighted by molar-refractivity contribution is 7.89. The van der Waals surface area contributed by atoms with E-state index in [1.165, 1.54) is 39.4 Å². The molecular weight excluding hydrogens is 462 g/mol. The summed E-state index contributed by atoms with van der Waals surface area (Å²) in [6.07, 6.45) is 3.00. The number of nitrogens with zero attached hydrogens (tertiary/aromatic N) is 2. The highest BCUT2D eigenvalue weighted by atomic mass is 32.2. The molecule has 0 radical (unpaired) electrons. The van der Waals surface area contributed by atoms with E-state index < -0.39 is 15.9 Å². The molecule has 8 nitrogen and oxygen atoms in total. The minimum atomic E-state index is -3.75. The Balaban J connectivity index is 1.73. The van der Waals surface area contributed by atoms with Crippen molar-refractivity contribution < 1.29 is 22.7 Å². The molecule has 3 aromatic rings. The first-order valence-corrected chi connectivity index (χ1v) is 12.2. The van der Waals surface area contributed by atoms with E-state index >= 15 is 0 Å². The Labute approximate surface area is 197 Å². The van der Waals surface area contributed by atoms with Gasteiger partial charge < -0.3 is 14.8 Å². The summed E-state index contributed by atoms with van der Waals surface area (Å²) in [5.74, 6) is 0.396. The maximum Gasteiger partial charge on any atom is 0.248 e. The van der Waals surface area contributed by atoms with Gasteiger partial charge >= 0.3 is 0 Å². The summed E-state index contributed by atoms with van der Waals surface area (Å²) in [5.41, 5.74) is 1.90. The molecule has 0 saturated carbocycles. The minimum absolute atomic E-state index is 0.0344. The molecule has 0 saturated heterocycles. The van der Waals surface area contributed by atoms with Crippen LogP contribution in [0.15, 0.2) is 58.8 Å². The third-order valence-corrected chi connectivity index (χ3v) is 7.22. The van der Waals surface area contributed by atoms with Gasteiger partial charge in [-0.05, 0) is 37.3 Å². The molecule has 2 aromatic carbocycles. The van der Waals surface area contributed by atoms with E-state index in [1.54, 1.807) is 23.5 Å². The van der Waals surface area contributed by atoms with Crippen molar-refractivity contribution in [1.82, 2.24) is 9.29 Å². The molecule has 33 heavy (non-hydrogen) atoms. The van der Waals surface area contributed by atoms with Crippen molar-refractivity contribution in [1.29, 1.82) is 0 Å². The summed E-state index contributed by atoms with van der Waals surface area (Å²) in [5, 5.41) is 5.60. The Morgan fingerprint density at radius 1 is 1.18 bits per heavy atom. The number of ether oxygens (including phenoxy) is 2. The number of amides is 1. The number of aromatic nitrogens is 1. The van der Waals surface area contributed by atoms with Gasteiger partial charge in [-0.3, -0.25) is 4.79 Å². The molecule has 0 spiro atoms. The molecule has 0 unspecified atom stereocenters. The number of rotatable bonds is 9. The molecule has 0 aliphatic carbocycles. The summed E-state index contributed by atoms with van der Waals surface area (Å²) < 4.78 is 37.2. The van der Waals surface area contributed by atoms with Crippen LogP contribution in [0.1, 0.15) is 16.3 Å². The smallest absolute Gasteiger partial charge is 0.248 e. The normalized spacial score (nSPS) is 11.7. The first kappa shape index (κ1) is 24.4. The number of carbonyl (C=O) groups is 1. The van der Waals surface area contributed by atoms with Gasteiger partial charge in [-0.15, -0.1) is 11.3 Å². The molecule has 0 aliphatic rings. The first-order chi connectivity index (χ1) is 15.7. The predicted molar refractivity (Wildman–Crippen MR) is 129 cm³/mol. The van der Waals surface area contributed by atoms with Crippen molar-refractivity contribution in [2.24, 2.45) is 0 Å². The fraction of sp³-hybridized carbons (Fsp3) is 0.217. The van der Waals surface area contributed by atoms with Gasteiger partial charge in [-0.2, -0.15) is 0 Å². The third kappa shape index (κ3) is 6.19. The Morgan fingerprint density at radius 2 is 1.94 bits per heavy atom. The average Bonchev–Trinajstić information content (AvgIpc) is 3.21. The van der Waals surface area contributed by atoms with Crippen LogP contribution in [-0.4, -0.2) is 44.8 Å². The fourth-order valence-electron chi connectivity index (χ4n) is 2.88. The summed E-state index contributed by atoms with van der Waals surface area (Å²) in [7, 11) is 0.497. The Hall–Kier alpha value is -3.21. The molecule has 1 aromatic heterocycles. The molecule has 1 amide bonds. The van der Waals surface area contributed by atoms with Gasteiger partial charge in [0.15, 0.2) is 0 Å². The molecule has 0 fully saturated rings. The van der Waals surface area contributed by atoms with E-state index in [-0.39, 0.29) is 10.6 Å². The number of anilines is 1. The largest absolute Gasteiger partial charge is 0.495 e. The van der Waals surface area contributed by atoms with E-state index in [2.05, 4.69) is 10.3 Å². The van der Waals surface area contributed by atoms with Crippen LogP contribution in [0.2, 0.25) is 0 Å². The van der Waals surface area contributed by atoms with Crippen LogP contribution in [0, 0.1) is 6.92 Å². The number of benzene rings is 2. The van der Waals surface area contributed by atoms with Gasteiger partial charge in [-0.25, -0.2) is 17.7 Å². The number of thiazole rings is 1. The highest BCUT2D eigenvalue weighted by Gasteiger charge is 2.22. The van der Waals surface area contributed by atoms with E-state index in [0.29, 0.717) is 18.0 Å². The van der Waals surface area contributed by atoms with Crippen LogP contribution in [0.5, 0.6) is 11.5 Å². The van der Waals surface area contributed by atoms with Crippen LogP contribution in [0.3, 0.4) is 0 Å². The average molecular weight is 488 g/mol. The number of carbonyl (C=O) groups excluding carboxylic acids is 1. The lowest BCUT2D eigenvalue weighted by atomic mass is 10.2. The van der Waals surface area contributed by atoms with Crippen LogP contribution in [0.25, 0.3) is 6.08 Å². The van der Waals surface area contributed by atoms with Crippen LogP contribution < -0.4 is 14.8 Å². The minimum Gasteiger partial charge on any atom is -0.495 e. The predicted octanol–water partition coefficient (Wildman–Crippen LogP) is 3.94. The quantitative estimate of drug-likeness (QED) is 0.459. The Bertz CT molecular complexity index is 1270. The maximum absolute atomic E-state index is 12.6. The van der Waals surface area contributed by atoms with Crippen molar-refractivity contribution in [3.05, 3.63) is 70.2 Å². The van der Waals surface area contributed by atoms with Crippen molar-refractivity contribution in [2.45, 2.75) is 18.4 Å². The van der Waals surface area contributed by atoms with E-state index in [1.807, 2.05) is 36.6 Å². The lowest BCUT2D eigenvalue weighted by molar-refractivity contribution is -0.111. The molecular formula is C23H25N3O5S2. The van der Waals surface area contributed by atoms with Crippen LogP contribution in [0.4, 0.5) is 5.69 Å². The number of methoxy groups -OCH3 is 1. The SMILES string of the molecule is COc1ccc(NC(=O)/C=C/c2ccccc2OCc2csc(C)n2)cc1S(=O)(=O)N(C)C. The number of hydrogen-bond acceptors (Lipinski definition) is 7. The molecule has 0 atom stereocenters. The summed E-state index contributed by atoms with van der Waals surface area (Å²) in [4.78, 5) is 16.8. The topological polar surface area (TPSA) is 97.8 Å². The highest BCUT2D eigenvalue weighted by Crippen LogP contribution is 2.29. The number of nitrogens with one attached hydrogen (secondary N) is 1. The van der Waals surface area contributed by atoms with Crippen LogP contribution >= 0.6 is 11.3 Å². The van der Waals surface area contributed by atoms with Crippen molar-refractivity contribution in [3.8, 4) is 11.5 Å². The second-order valence-electron chi connectivity index (χ2n) is 7.16. The van der Waals surface area contributed by atoms with Gasteiger partial charge in [0.05, 0.1) is 17.8 Å². The van der Waals surface area contributed by atoms with Gasteiger partial charge in [-0.1, -0.05) is 18.2 Å². The van der Waals surface area contributed by atoms with Crippen molar-refractivity contribution in [2.75, 3.05) is 26.5 Å². The maximum atomic E-state index is 12.6. The van der Waals surface area contributed by atoms with Gasteiger partial charge in [0.25, 0.3) is 0 Å². The lowest BCUT2D eigenvalue weighted by Gasteiger charge is -2.15. The molecule has 3 rings (SSSR count).